The first kappa shape index (κ1) is 14.0. The number of nitrogens with one attached hydrogen (secondary N) is 1. The minimum Gasteiger partial charge on any atom is -0.388 e. The van der Waals surface area contributed by atoms with Crippen LogP contribution >= 0.6 is 22.7 Å². The van der Waals surface area contributed by atoms with Gasteiger partial charge in [0.15, 0.2) is 0 Å². The molecule has 0 spiro atoms. The standard InChI is InChI=1S/C14H15NO2S2/c16-13(12-5-8-19-10-12)3-6-15-14(17)2-1-11-4-7-18-9-11/h1-2,4-5,7-10,13,16H,3,6H2,(H,15,17)/b2-1+. The van der Waals surface area contributed by atoms with Gasteiger partial charge in [-0.3, -0.25) is 4.79 Å². The van der Waals surface area contributed by atoms with Gasteiger partial charge in [0.2, 0.25) is 5.91 Å². The molecule has 5 heteroatoms. The number of thiophene rings is 2. The quantitative estimate of drug-likeness (QED) is 0.804. The van der Waals surface area contributed by atoms with E-state index in [2.05, 4.69) is 5.32 Å². The highest BCUT2D eigenvalue weighted by molar-refractivity contribution is 7.08. The molecule has 0 aliphatic rings. The van der Waals surface area contributed by atoms with Crippen molar-refractivity contribution in [2.24, 2.45) is 0 Å². The fourth-order valence-corrected chi connectivity index (χ4v) is 2.90. The van der Waals surface area contributed by atoms with Crippen LogP contribution in [0.25, 0.3) is 6.08 Å². The molecule has 0 saturated heterocycles. The Morgan fingerprint density at radius 1 is 1.32 bits per heavy atom. The number of hydrogen-bond donors (Lipinski definition) is 2. The number of rotatable bonds is 6. The van der Waals surface area contributed by atoms with E-state index in [0.29, 0.717) is 13.0 Å². The van der Waals surface area contributed by atoms with Crippen LogP contribution in [0.4, 0.5) is 0 Å². The van der Waals surface area contributed by atoms with Crippen molar-refractivity contribution in [3.05, 3.63) is 50.9 Å². The molecule has 2 rings (SSSR count). The second-order valence-corrected chi connectivity index (χ2v) is 5.60. The average Bonchev–Trinajstić information content (AvgIpc) is 3.09. The van der Waals surface area contributed by atoms with E-state index < -0.39 is 6.10 Å². The zero-order valence-corrected chi connectivity index (χ0v) is 11.9. The number of aliphatic hydroxyl groups is 1. The van der Waals surface area contributed by atoms with Gasteiger partial charge in [-0.1, -0.05) is 0 Å². The molecule has 1 unspecified atom stereocenters. The Morgan fingerprint density at radius 3 is 2.79 bits per heavy atom. The fourth-order valence-electron chi connectivity index (χ4n) is 1.56. The van der Waals surface area contributed by atoms with Gasteiger partial charge in [0.25, 0.3) is 0 Å². The number of carbonyl (C=O) groups excluding carboxylic acids is 1. The lowest BCUT2D eigenvalue weighted by Crippen LogP contribution is -2.23. The van der Waals surface area contributed by atoms with Crippen LogP contribution < -0.4 is 5.32 Å². The van der Waals surface area contributed by atoms with Crippen molar-refractivity contribution < 1.29 is 9.90 Å². The molecule has 1 amide bonds. The highest BCUT2D eigenvalue weighted by atomic mass is 32.1. The number of aliphatic hydroxyl groups excluding tert-OH is 1. The predicted octanol–water partition coefficient (Wildman–Crippen LogP) is 3.06. The molecule has 3 nitrogen and oxygen atoms in total. The molecule has 0 aliphatic carbocycles. The monoisotopic (exact) mass is 293 g/mol. The zero-order valence-electron chi connectivity index (χ0n) is 10.3. The highest BCUT2D eigenvalue weighted by Crippen LogP contribution is 2.18. The molecule has 2 N–H and O–H groups in total. The predicted molar refractivity (Wildman–Crippen MR) is 80.3 cm³/mol. The Kier molecular flexibility index (Phi) is 5.32. The minimum absolute atomic E-state index is 0.135. The van der Waals surface area contributed by atoms with Gasteiger partial charge in [0, 0.05) is 12.6 Å². The Hall–Kier alpha value is -1.43. The largest absolute Gasteiger partial charge is 0.388 e. The molecule has 19 heavy (non-hydrogen) atoms. The van der Waals surface area contributed by atoms with Crippen LogP contribution in [0.5, 0.6) is 0 Å². The van der Waals surface area contributed by atoms with Crippen LogP contribution in [0, 0.1) is 0 Å². The van der Waals surface area contributed by atoms with Gasteiger partial charge < -0.3 is 10.4 Å². The third-order valence-corrected chi connectivity index (χ3v) is 4.02. The van der Waals surface area contributed by atoms with Crippen LogP contribution in [-0.4, -0.2) is 17.6 Å². The van der Waals surface area contributed by atoms with Gasteiger partial charge in [0.05, 0.1) is 6.10 Å². The summed E-state index contributed by atoms with van der Waals surface area (Å²) in [6.07, 6.45) is 3.31. The van der Waals surface area contributed by atoms with Crippen molar-refractivity contribution in [2.75, 3.05) is 6.54 Å². The summed E-state index contributed by atoms with van der Waals surface area (Å²) in [6.45, 7) is 0.462. The van der Waals surface area contributed by atoms with Crippen molar-refractivity contribution in [1.29, 1.82) is 0 Å². The first-order valence-corrected chi connectivity index (χ1v) is 7.82. The van der Waals surface area contributed by atoms with Crippen LogP contribution in [0.2, 0.25) is 0 Å². The second-order valence-electron chi connectivity index (χ2n) is 4.04. The number of amides is 1. The van der Waals surface area contributed by atoms with Crippen molar-refractivity contribution >= 4 is 34.7 Å². The molecule has 0 saturated carbocycles. The Labute approximate surface area is 120 Å². The number of carbonyl (C=O) groups is 1. The van der Waals surface area contributed by atoms with E-state index in [0.717, 1.165) is 11.1 Å². The molecule has 0 aliphatic heterocycles. The van der Waals surface area contributed by atoms with Crippen molar-refractivity contribution in [3.63, 3.8) is 0 Å². The van der Waals surface area contributed by atoms with Gasteiger partial charge in [-0.15, -0.1) is 0 Å². The number of hydrogen-bond acceptors (Lipinski definition) is 4. The molecular weight excluding hydrogens is 278 g/mol. The maximum absolute atomic E-state index is 11.5. The summed E-state index contributed by atoms with van der Waals surface area (Å²) in [6, 6.07) is 3.85. The molecule has 0 fully saturated rings. The van der Waals surface area contributed by atoms with E-state index >= 15 is 0 Å². The molecule has 2 aromatic heterocycles. The SMILES string of the molecule is O=C(/C=C/c1ccsc1)NCCC(O)c1ccsc1. The first-order valence-electron chi connectivity index (χ1n) is 5.94. The van der Waals surface area contributed by atoms with Crippen molar-refractivity contribution in [2.45, 2.75) is 12.5 Å². The summed E-state index contributed by atoms with van der Waals surface area (Å²) in [7, 11) is 0. The van der Waals surface area contributed by atoms with E-state index in [1.54, 1.807) is 28.7 Å². The Morgan fingerprint density at radius 2 is 2.11 bits per heavy atom. The third-order valence-electron chi connectivity index (χ3n) is 2.62. The summed E-state index contributed by atoms with van der Waals surface area (Å²) < 4.78 is 0. The van der Waals surface area contributed by atoms with Gasteiger partial charge in [0.1, 0.15) is 0 Å². The molecule has 2 heterocycles. The molecule has 1 atom stereocenters. The maximum atomic E-state index is 11.5. The normalized spacial score (nSPS) is 12.7. The summed E-state index contributed by atoms with van der Waals surface area (Å²) in [4.78, 5) is 11.5. The second kappa shape index (κ2) is 7.23. The van der Waals surface area contributed by atoms with Crippen LogP contribution in [-0.2, 0) is 4.79 Å². The first-order chi connectivity index (χ1) is 9.25. The van der Waals surface area contributed by atoms with Crippen LogP contribution in [0.3, 0.4) is 0 Å². The Balaban J connectivity index is 1.69. The summed E-state index contributed by atoms with van der Waals surface area (Å²) in [5.74, 6) is -0.135. The molecule has 0 bridgehead atoms. The van der Waals surface area contributed by atoms with Crippen LogP contribution in [0.15, 0.2) is 39.7 Å². The molecule has 0 radical (unpaired) electrons. The van der Waals surface area contributed by atoms with E-state index in [9.17, 15) is 9.90 Å². The van der Waals surface area contributed by atoms with E-state index in [1.807, 2.05) is 33.7 Å². The van der Waals surface area contributed by atoms with Gasteiger partial charge >= 0.3 is 0 Å². The van der Waals surface area contributed by atoms with E-state index in [1.165, 1.54) is 6.08 Å². The van der Waals surface area contributed by atoms with Gasteiger partial charge in [-0.05, 0) is 57.3 Å². The summed E-state index contributed by atoms with van der Waals surface area (Å²) >= 11 is 3.15. The molecular formula is C14H15NO2S2. The fraction of sp³-hybridized carbons (Fsp3) is 0.214. The topological polar surface area (TPSA) is 49.3 Å². The molecule has 100 valence electrons. The lowest BCUT2D eigenvalue weighted by Gasteiger charge is -2.08. The minimum atomic E-state index is -0.507. The molecule has 2 aromatic rings. The highest BCUT2D eigenvalue weighted by Gasteiger charge is 2.07. The van der Waals surface area contributed by atoms with Crippen LogP contribution in [0.1, 0.15) is 23.7 Å². The Bertz CT molecular complexity index is 518. The lowest BCUT2D eigenvalue weighted by molar-refractivity contribution is -0.116. The smallest absolute Gasteiger partial charge is 0.244 e. The zero-order chi connectivity index (χ0) is 13.5. The van der Waals surface area contributed by atoms with E-state index in [-0.39, 0.29) is 5.91 Å². The van der Waals surface area contributed by atoms with Crippen molar-refractivity contribution in [3.8, 4) is 0 Å². The van der Waals surface area contributed by atoms with E-state index in [4.69, 9.17) is 0 Å². The van der Waals surface area contributed by atoms with Gasteiger partial charge in [-0.25, -0.2) is 0 Å². The molecule has 0 aromatic carbocycles. The maximum Gasteiger partial charge on any atom is 0.244 e. The van der Waals surface area contributed by atoms with Gasteiger partial charge in [-0.2, -0.15) is 22.7 Å². The van der Waals surface area contributed by atoms with Crippen molar-refractivity contribution in [1.82, 2.24) is 5.32 Å². The lowest BCUT2D eigenvalue weighted by atomic mass is 10.1. The average molecular weight is 293 g/mol. The third kappa shape index (κ3) is 4.63. The summed E-state index contributed by atoms with van der Waals surface area (Å²) in [5.41, 5.74) is 1.94. The summed E-state index contributed by atoms with van der Waals surface area (Å²) in [5, 5.41) is 20.4.